The van der Waals surface area contributed by atoms with Crippen LogP contribution in [-0.2, 0) is 16.1 Å². The molecule has 3 rings (SSSR count). The smallest absolute Gasteiger partial charge is 0.410 e. The van der Waals surface area contributed by atoms with E-state index in [9.17, 15) is 9.59 Å². The molecule has 1 aromatic carbocycles. The van der Waals surface area contributed by atoms with E-state index in [1.54, 1.807) is 0 Å². The molecule has 0 aromatic heterocycles. The Balaban J connectivity index is 1.39. The lowest BCUT2D eigenvalue weighted by atomic mass is 9.88. The lowest BCUT2D eigenvalue weighted by molar-refractivity contribution is 0.0316. The van der Waals surface area contributed by atoms with Crippen LogP contribution >= 0.6 is 0 Å². The van der Waals surface area contributed by atoms with Crippen molar-refractivity contribution in [3.8, 4) is 0 Å². The van der Waals surface area contributed by atoms with Gasteiger partial charge < -0.3 is 24.6 Å². The van der Waals surface area contributed by atoms with Crippen molar-refractivity contribution < 1.29 is 19.1 Å². The zero-order chi connectivity index (χ0) is 22.5. The fourth-order valence-electron chi connectivity index (χ4n) is 4.28. The Bertz CT molecular complexity index is 731. The van der Waals surface area contributed by atoms with Crippen molar-refractivity contribution in [3.05, 3.63) is 35.9 Å². The second-order valence-corrected chi connectivity index (χ2v) is 9.98. The van der Waals surface area contributed by atoms with Crippen molar-refractivity contribution in [2.24, 2.45) is 0 Å². The van der Waals surface area contributed by atoms with Crippen molar-refractivity contribution >= 4 is 12.2 Å². The molecule has 0 atom stereocenters. The van der Waals surface area contributed by atoms with Gasteiger partial charge in [0.1, 0.15) is 12.2 Å². The monoisotopic (exact) mass is 431 g/mol. The second-order valence-electron chi connectivity index (χ2n) is 9.98. The Hall–Kier alpha value is -2.28. The van der Waals surface area contributed by atoms with E-state index in [1.165, 1.54) is 0 Å². The highest BCUT2D eigenvalue weighted by Crippen LogP contribution is 2.27. The van der Waals surface area contributed by atoms with Crippen molar-refractivity contribution in [1.82, 2.24) is 15.1 Å². The average Bonchev–Trinajstić information content (AvgIpc) is 2.72. The minimum Gasteiger partial charge on any atom is -0.445 e. The molecule has 2 amide bonds. The van der Waals surface area contributed by atoms with E-state index in [0.29, 0.717) is 12.6 Å². The highest BCUT2D eigenvalue weighted by Gasteiger charge is 2.36. The third kappa shape index (κ3) is 7.13. The maximum Gasteiger partial charge on any atom is 0.410 e. The summed E-state index contributed by atoms with van der Waals surface area (Å²) in [5.41, 5.74) is 0.278. The number of nitrogens with zero attached hydrogens (tertiary/aromatic N) is 2. The van der Waals surface area contributed by atoms with Gasteiger partial charge in [-0.25, -0.2) is 9.59 Å². The summed E-state index contributed by atoms with van der Waals surface area (Å²) < 4.78 is 10.9. The molecule has 0 unspecified atom stereocenters. The van der Waals surface area contributed by atoms with Gasteiger partial charge in [0.05, 0.1) is 0 Å². The largest absolute Gasteiger partial charge is 0.445 e. The summed E-state index contributed by atoms with van der Waals surface area (Å²) in [5.74, 6) is 0. The summed E-state index contributed by atoms with van der Waals surface area (Å²) >= 11 is 0. The Labute approximate surface area is 186 Å². The second kappa shape index (κ2) is 9.90. The van der Waals surface area contributed by atoms with E-state index >= 15 is 0 Å². The van der Waals surface area contributed by atoms with Crippen LogP contribution in [-0.4, -0.2) is 65.3 Å². The van der Waals surface area contributed by atoms with Crippen LogP contribution in [0.5, 0.6) is 0 Å². The van der Waals surface area contributed by atoms with E-state index in [2.05, 4.69) is 17.1 Å². The van der Waals surface area contributed by atoms with Gasteiger partial charge in [0.15, 0.2) is 0 Å². The number of carbonyl (C=O) groups excluding carboxylic acids is 2. The fraction of sp³-hybridized carbons (Fsp3) is 0.667. The van der Waals surface area contributed by atoms with Crippen molar-refractivity contribution in [2.75, 3.05) is 26.2 Å². The van der Waals surface area contributed by atoms with Crippen molar-refractivity contribution in [2.45, 2.75) is 77.2 Å². The molecule has 2 aliphatic rings. The van der Waals surface area contributed by atoms with Crippen LogP contribution in [0.3, 0.4) is 0 Å². The first-order valence-corrected chi connectivity index (χ1v) is 11.3. The Morgan fingerprint density at radius 2 is 1.68 bits per heavy atom. The standard InChI is InChI=1S/C24H37N3O4/c1-23(2,3)31-21(28)25-24(4)12-16-26(17-13-24)20-10-14-27(15-11-20)22(29)30-18-19-8-6-5-7-9-19/h5-9,20H,10-18H2,1-4H3,(H,25,28). The first kappa shape index (κ1) is 23.4. The molecule has 7 nitrogen and oxygen atoms in total. The number of hydrogen-bond acceptors (Lipinski definition) is 5. The van der Waals surface area contributed by atoms with Gasteiger partial charge in [-0.3, -0.25) is 0 Å². The van der Waals surface area contributed by atoms with Crippen LogP contribution in [0.4, 0.5) is 9.59 Å². The van der Waals surface area contributed by atoms with Gasteiger partial charge in [0, 0.05) is 37.8 Å². The van der Waals surface area contributed by atoms with Crippen molar-refractivity contribution in [1.29, 1.82) is 0 Å². The molecule has 0 aliphatic carbocycles. The normalized spacial score (nSPS) is 20.2. The van der Waals surface area contributed by atoms with E-state index in [4.69, 9.17) is 9.47 Å². The molecular formula is C24H37N3O4. The molecule has 0 bridgehead atoms. The van der Waals surface area contributed by atoms with Crippen molar-refractivity contribution in [3.63, 3.8) is 0 Å². The Morgan fingerprint density at radius 3 is 2.26 bits per heavy atom. The number of benzene rings is 1. The van der Waals surface area contributed by atoms with Gasteiger partial charge in [-0.2, -0.15) is 0 Å². The zero-order valence-electron chi connectivity index (χ0n) is 19.4. The third-order valence-corrected chi connectivity index (χ3v) is 6.15. The topological polar surface area (TPSA) is 71.1 Å². The van der Waals surface area contributed by atoms with E-state index in [-0.39, 0.29) is 17.7 Å². The van der Waals surface area contributed by atoms with Crippen LogP contribution in [0.2, 0.25) is 0 Å². The summed E-state index contributed by atoms with van der Waals surface area (Å²) in [6.45, 7) is 11.4. The SMILES string of the molecule is CC1(NC(=O)OC(C)(C)C)CCN(C2CCN(C(=O)OCc3ccccc3)CC2)CC1. The lowest BCUT2D eigenvalue weighted by Crippen LogP contribution is -2.57. The van der Waals surface area contributed by atoms with Crippen LogP contribution in [0.15, 0.2) is 30.3 Å². The summed E-state index contributed by atoms with van der Waals surface area (Å²) in [5, 5.41) is 3.07. The van der Waals surface area contributed by atoms with Crippen LogP contribution in [0.25, 0.3) is 0 Å². The molecule has 2 aliphatic heterocycles. The maximum absolute atomic E-state index is 12.4. The highest BCUT2D eigenvalue weighted by atomic mass is 16.6. The predicted octanol–water partition coefficient (Wildman–Crippen LogP) is 4.17. The molecule has 31 heavy (non-hydrogen) atoms. The van der Waals surface area contributed by atoms with Gasteiger partial charge in [-0.15, -0.1) is 0 Å². The van der Waals surface area contributed by atoms with E-state index < -0.39 is 5.60 Å². The molecule has 7 heteroatoms. The zero-order valence-corrected chi connectivity index (χ0v) is 19.4. The quantitative estimate of drug-likeness (QED) is 0.775. The fourth-order valence-corrected chi connectivity index (χ4v) is 4.28. The van der Waals surface area contributed by atoms with Gasteiger partial charge in [-0.05, 0) is 58.9 Å². The Kier molecular flexibility index (Phi) is 7.46. The Morgan fingerprint density at radius 1 is 1.06 bits per heavy atom. The summed E-state index contributed by atoms with van der Waals surface area (Å²) in [4.78, 5) is 28.9. The van der Waals surface area contributed by atoms with E-state index in [0.717, 1.165) is 57.4 Å². The first-order valence-electron chi connectivity index (χ1n) is 11.3. The van der Waals surface area contributed by atoms with Gasteiger partial charge in [-0.1, -0.05) is 30.3 Å². The number of piperidine rings is 2. The number of hydrogen-bond donors (Lipinski definition) is 1. The number of carbonyl (C=O) groups is 2. The number of nitrogens with one attached hydrogen (secondary N) is 1. The summed E-state index contributed by atoms with van der Waals surface area (Å²) in [6, 6.07) is 10.2. The number of ether oxygens (including phenoxy) is 2. The number of rotatable bonds is 4. The molecule has 2 heterocycles. The average molecular weight is 432 g/mol. The maximum atomic E-state index is 12.4. The molecule has 1 aromatic rings. The number of alkyl carbamates (subject to hydrolysis) is 1. The first-order chi connectivity index (χ1) is 14.6. The molecule has 2 fully saturated rings. The van der Waals surface area contributed by atoms with Crippen LogP contribution in [0, 0.1) is 0 Å². The number of likely N-dealkylation sites (tertiary alicyclic amines) is 2. The molecular weight excluding hydrogens is 394 g/mol. The minimum absolute atomic E-state index is 0.227. The molecule has 0 spiro atoms. The number of amides is 2. The van der Waals surface area contributed by atoms with Crippen LogP contribution < -0.4 is 5.32 Å². The van der Waals surface area contributed by atoms with Gasteiger partial charge in [0.25, 0.3) is 0 Å². The minimum atomic E-state index is -0.489. The highest BCUT2D eigenvalue weighted by molar-refractivity contribution is 5.69. The molecule has 1 N–H and O–H groups in total. The summed E-state index contributed by atoms with van der Waals surface area (Å²) in [7, 11) is 0. The van der Waals surface area contributed by atoms with Gasteiger partial charge >= 0.3 is 12.2 Å². The molecule has 2 saturated heterocycles. The lowest BCUT2D eigenvalue weighted by Gasteiger charge is -2.45. The van der Waals surface area contributed by atoms with Gasteiger partial charge in [0.2, 0.25) is 0 Å². The third-order valence-electron chi connectivity index (χ3n) is 6.15. The molecule has 172 valence electrons. The van der Waals surface area contributed by atoms with Crippen LogP contribution in [0.1, 0.15) is 58.9 Å². The molecule has 0 saturated carbocycles. The molecule has 0 radical (unpaired) electrons. The summed E-state index contributed by atoms with van der Waals surface area (Å²) in [6.07, 6.45) is 3.13. The predicted molar refractivity (Wildman–Crippen MR) is 120 cm³/mol. The van der Waals surface area contributed by atoms with E-state index in [1.807, 2.05) is 56.0 Å².